The maximum absolute atomic E-state index is 14.0. The van der Waals surface area contributed by atoms with Gasteiger partial charge in [0.25, 0.3) is 0 Å². The number of pyridine rings is 2. The van der Waals surface area contributed by atoms with Gasteiger partial charge >= 0.3 is 0 Å². The highest BCUT2D eigenvalue weighted by Gasteiger charge is 2.12. The number of hydrogen-bond donors (Lipinski definition) is 1. The zero-order valence-corrected chi connectivity index (χ0v) is 17.1. The van der Waals surface area contributed by atoms with Gasteiger partial charge in [-0.2, -0.15) is 0 Å². The first-order chi connectivity index (χ1) is 14.7. The molecule has 5 heteroatoms. The van der Waals surface area contributed by atoms with E-state index in [1.54, 1.807) is 24.5 Å². The quantitative estimate of drug-likeness (QED) is 0.342. The first kappa shape index (κ1) is 20.0. The summed E-state index contributed by atoms with van der Waals surface area (Å²) in [7, 11) is 0. The van der Waals surface area contributed by atoms with Crippen molar-refractivity contribution in [3.05, 3.63) is 102 Å². The van der Waals surface area contributed by atoms with Crippen LogP contribution in [0.25, 0.3) is 22.4 Å². The molecule has 0 spiro atoms. The molecule has 0 aliphatic rings. The third kappa shape index (κ3) is 4.84. The lowest BCUT2D eigenvalue weighted by Gasteiger charge is -2.13. The number of hydrogen-bond acceptors (Lipinski definition) is 3. The van der Waals surface area contributed by atoms with Crippen molar-refractivity contribution in [2.24, 2.45) is 0 Å². The van der Waals surface area contributed by atoms with Crippen LogP contribution in [0.3, 0.4) is 0 Å². The Bertz CT molecular complexity index is 1120. The molecule has 2 aromatic heterocycles. The molecule has 30 heavy (non-hydrogen) atoms. The lowest BCUT2D eigenvalue weighted by atomic mass is 10.00. The molecule has 0 saturated heterocycles. The van der Waals surface area contributed by atoms with Crippen molar-refractivity contribution in [1.82, 2.24) is 9.97 Å². The minimum atomic E-state index is -0.446. The average molecular weight is 418 g/mol. The summed E-state index contributed by atoms with van der Waals surface area (Å²) in [5.74, 6) is 0.339. The highest BCUT2D eigenvalue weighted by molar-refractivity contribution is 6.30. The summed E-state index contributed by atoms with van der Waals surface area (Å²) in [6.07, 6.45) is 5.46. The summed E-state index contributed by atoms with van der Waals surface area (Å²) in [4.78, 5) is 8.91. The van der Waals surface area contributed by atoms with Crippen molar-refractivity contribution in [2.75, 3.05) is 11.9 Å². The minimum absolute atomic E-state index is 0.105. The van der Waals surface area contributed by atoms with E-state index in [9.17, 15) is 4.39 Å². The Kier molecular flexibility index (Phi) is 6.35. The molecule has 0 saturated carbocycles. The number of anilines is 1. The lowest BCUT2D eigenvalue weighted by molar-refractivity contribution is 0.629. The molecule has 4 rings (SSSR count). The van der Waals surface area contributed by atoms with E-state index in [4.69, 9.17) is 16.6 Å². The predicted molar refractivity (Wildman–Crippen MR) is 121 cm³/mol. The van der Waals surface area contributed by atoms with Crippen LogP contribution in [0.4, 0.5) is 10.2 Å². The van der Waals surface area contributed by atoms with E-state index in [1.165, 1.54) is 11.6 Å². The van der Waals surface area contributed by atoms with Gasteiger partial charge in [-0.1, -0.05) is 48.0 Å². The maximum atomic E-state index is 14.0. The number of nitrogens with one attached hydrogen (secondary N) is 1. The van der Waals surface area contributed by atoms with Crippen LogP contribution in [0.2, 0.25) is 5.02 Å². The van der Waals surface area contributed by atoms with Gasteiger partial charge < -0.3 is 5.32 Å². The van der Waals surface area contributed by atoms with E-state index in [2.05, 4.69) is 34.6 Å². The van der Waals surface area contributed by atoms with E-state index in [0.29, 0.717) is 0 Å². The number of nitrogens with zero attached hydrogens (tertiary/aromatic N) is 2. The van der Waals surface area contributed by atoms with E-state index < -0.39 is 5.82 Å². The standard InChI is InChI=1S/C25H21ClFN3/c26-22-10-8-20(17-23(22)27)21-9-11-24(30-25(21)19-12-15-28-16-13-19)29-14-4-7-18-5-2-1-3-6-18/h1-3,5-6,8-13,15-17H,4,7,14H2,(H,29,30). The Balaban J connectivity index is 1.57. The van der Waals surface area contributed by atoms with Gasteiger partial charge in [-0.3, -0.25) is 4.98 Å². The fourth-order valence-electron chi connectivity index (χ4n) is 3.34. The molecular weight excluding hydrogens is 397 g/mol. The van der Waals surface area contributed by atoms with E-state index in [0.717, 1.165) is 47.6 Å². The van der Waals surface area contributed by atoms with Gasteiger partial charge in [-0.25, -0.2) is 9.37 Å². The number of benzene rings is 2. The summed E-state index contributed by atoms with van der Waals surface area (Å²) >= 11 is 5.86. The second kappa shape index (κ2) is 9.51. The van der Waals surface area contributed by atoms with Crippen molar-refractivity contribution in [1.29, 1.82) is 0 Å². The van der Waals surface area contributed by atoms with Crippen LogP contribution in [0, 0.1) is 5.82 Å². The van der Waals surface area contributed by atoms with Crippen LogP contribution < -0.4 is 5.32 Å². The summed E-state index contributed by atoms with van der Waals surface area (Å²) < 4.78 is 14.0. The Hall–Kier alpha value is -3.24. The Morgan fingerprint density at radius 1 is 0.867 bits per heavy atom. The van der Waals surface area contributed by atoms with Crippen molar-refractivity contribution >= 4 is 17.4 Å². The molecule has 0 atom stereocenters. The monoisotopic (exact) mass is 417 g/mol. The molecule has 2 heterocycles. The van der Waals surface area contributed by atoms with Crippen LogP contribution in [0.5, 0.6) is 0 Å². The smallest absolute Gasteiger partial charge is 0.142 e. The third-order valence-electron chi connectivity index (χ3n) is 4.87. The molecule has 1 N–H and O–H groups in total. The molecule has 150 valence electrons. The lowest BCUT2D eigenvalue weighted by Crippen LogP contribution is -2.05. The van der Waals surface area contributed by atoms with Crippen molar-refractivity contribution in [3.63, 3.8) is 0 Å². The zero-order valence-electron chi connectivity index (χ0n) is 16.4. The molecule has 4 aromatic rings. The Morgan fingerprint density at radius 2 is 1.67 bits per heavy atom. The fourth-order valence-corrected chi connectivity index (χ4v) is 3.46. The maximum Gasteiger partial charge on any atom is 0.142 e. The SMILES string of the molecule is Fc1cc(-c2ccc(NCCCc3ccccc3)nc2-c2ccncc2)ccc1Cl. The van der Waals surface area contributed by atoms with Crippen LogP contribution >= 0.6 is 11.6 Å². The first-order valence-corrected chi connectivity index (χ1v) is 10.2. The van der Waals surface area contributed by atoms with Gasteiger partial charge in [0.1, 0.15) is 11.6 Å². The van der Waals surface area contributed by atoms with E-state index in [1.807, 2.05) is 30.3 Å². The highest BCUT2D eigenvalue weighted by atomic mass is 35.5. The van der Waals surface area contributed by atoms with Gasteiger partial charge in [0.05, 0.1) is 10.7 Å². The number of rotatable bonds is 7. The van der Waals surface area contributed by atoms with Gasteiger partial charge in [-0.05, 0) is 60.4 Å². The third-order valence-corrected chi connectivity index (χ3v) is 5.18. The van der Waals surface area contributed by atoms with Crippen LogP contribution in [-0.2, 0) is 6.42 Å². The molecule has 3 nitrogen and oxygen atoms in total. The normalized spacial score (nSPS) is 10.7. The molecule has 0 amide bonds. The second-order valence-electron chi connectivity index (χ2n) is 6.97. The van der Waals surface area contributed by atoms with Crippen molar-refractivity contribution < 1.29 is 4.39 Å². The predicted octanol–water partition coefficient (Wildman–Crippen LogP) is 6.65. The van der Waals surface area contributed by atoms with Gasteiger partial charge in [0.15, 0.2) is 0 Å². The molecule has 0 radical (unpaired) electrons. The molecule has 2 aromatic carbocycles. The fraction of sp³-hybridized carbons (Fsp3) is 0.120. The number of aromatic nitrogens is 2. The molecule has 0 bridgehead atoms. The largest absolute Gasteiger partial charge is 0.370 e. The average Bonchev–Trinajstić information content (AvgIpc) is 2.80. The first-order valence-electron chi connectivity index (χ1n) is 9.85. The van der Waals surface area contributed by atoms with E-state index in [-0.39, 0.29) is 5.02 Å². The molecule has 0 aliphatic carbocycles. The number of halogens is 2. The van der Waals surface area contributed by atoms with Crippen LogP contribution in [0.1, 0.15) is 12.0 Å². The molecule has 0 fully saturated rings. The molecule has 0 aliphatic heterocycles. The van der Waals surface area contributed by atoms with E-state index >= 15 is 0 Å². The second-order valence-corrected chi connectivity index (χ2v) is 7.38. The summed E-state index contributed by atoms with van der Waals surface area (Å²) in [5.41, 5.74) is 4.58. The topological polar surface area (TPSA) is 37.8 Å². The molecule has 0 unspecified atom stereocenters. The van der Waals surface area contributed by atoms with Gasteiger partial charge in [0.2, 0.25) is 0 Å². The zero-order chi connectivity index (χ0) is 20.8. The van der Waals surface area contributed by atoms with Crippen LogP contribution in [-0.4, -0.2) is 16.5 Å². The van der Waals surface area contributed by atoms with Crippen LogP contribution in [0.15, 0.2) is 85.2 Å². The van der Waals surface area contributed by atoms with Crippen molar-refractivity contribution in [3.8, 4) is 22.4 Å². The van der Waals surface area contributed by atoms with Gasteiger partial charge in [-0.15, -0.1) is 0 Å². The van der Waals surface area contributed by atoms with Crippen molar-refractivity contribution in [2.45, 2.75) is 12.8 Å². The number of aryl methyl sites for hydroxylation is 1. The molecular formula is C25H21ClFN3. The summed E-state index contributed by atoms with van der Waals surface area (Å²) in [5, 5.41) is 3.51. The summed E-state index contributed by atoms with van der Waals surface area (Å²) in [6.45, 7) is 0.812. The minimum Gasteiger partial charge on any atom is -0.370 e. The summed E-state index contributed by atoms with van der Waals surface area (Å²) in [6, 6.07) is 22.9. The highest BCUT2D eigenvalue weighted by Crippen LogP contribution is 2.33. The van der Waals surface area contributed by atoms with Gasteiger partial charge in [0, 0.05) is 30.1 Å². The Labute approximate surface area is 180 Å². The Morgan fingerprint density at radius 3 is 2.43 bits per heavy atom.